The molecule has 4 nitrogen and oxygen atoms in total. The van der Waals surface area contributed by atoms with Crippen molar-refractivity contribution in [2.75, 3.05) is 13.1 Å². The largest absolute Gasteiger partial charge is 0.507 e. The Bertz CT molecular complexity index is 635. The van der Waals surface area contributed by atoms with Gasteiger partial charge in [-0.2, -0.15) is 4.99 Å². The molecule has 2 aliphatic rings. The zero-order chi connectivity index (χ0) is 13.9. The second-order valence-corrected chi connectivity index (χ2v) is 5.58. The Morgan fingerprint density at radius 2 is 2.15 bits per heavy atom. The van der Waals surface area contributed by atoms with Gasteiger partial charge >= 0.3 is 0 Å². The number of thioether (sulfide) groups is 1. The van der Waals surface area contributed by atoms with E-state index >= 15 is 0 Å². The van der Waals surface area contributed by atoms with E-state index in [9.17, 15) is 9.90 Å². The van der Waals surface area contributed by atoms with Crippen LogP contribution in [0.15, 0.2) is 46.3 Å². The van der Waals surface area contributed by atoms with Gasteiger partial charge < -0.3 is 10.0 Å². The summed E-state index contributed by atoms with van der Waals surface area (Å²) in [7, 11) is 0. The standard InChI is InChI=1S/C15H14N2O2S/c18-12-7-3-2-6-11(12)10-13-14(19)16-15(20-13)17-8-4-1-5-9-17/h1-4,6-7,10,18H,5,8-9H2. The number of para-hydroxylation sites is 1. The molecule has 2 heterocycles. The molecule has 0 aliphatic carbocycles. The smallest absolute Gasteiger partial charge is 0.286 e. The van der Waals surface area contributed by atoms with Crippen molar-refractivity contribution < 1.29 is 9.90 Å². The summed E-state index contributed by atoms with van der Waals surface area (Å²) < 4.78 is 0. The lowest BCUT2D eigenvalue weighted by Gasteiger charge is -2.23. The fourth-order valence-corrected chi connectivity index (χ4v) is 3.04. The quantitative estimate of drug-likeness (QED) is 0.637. The number of hydrogen-bond acceptors (Lipinski definition) is 4. The fraction of sp³-hybridized carbons (Fsp3) is 0.200. The van der Waals surface area contributed by atoms with Crippen LogP contribution < -0.4 is 0 Å². The molecule has 0 saturated carbocycles. The van der Waals surface area contributed by atoms with E-state index < -0.39 is 0 Å². The number of nitrogens with zero attached hydrogens (tertiary/aromatic N) is 2. The summed E-state index contributed by atoms with van der Waals surface area (Å²) >= 11 is 1.37. The normalized spacial score (nSPS) is 20.6. The molecule has 1 N–H and O–H groups in total. The van der Waals surface area contributed by atoms with Crippen LogP contribution in [0.1, 0.15) is 12.0 Å². The summed E-state index contributed by atoms with van der Waals surface area (Å²) in [5, 5.41) is 10.5. The van der Waals surface area contributed by atoms with E-state index in [1.807, 2.05) is 6.07 Å². The number of rotatable bonds is 1. The highest BCUT2D eigenvalue weighted by Crippen LogP contribution is 2.32. The van der Waals surface area contributed by atoms with Crippen LogP contribution in [0.2, 0.25) is 0 Å². The van der Waals surface area contributed by atoms with Gasteiger partial charge in [-0.3, -0.25) is 4.79 Å². The number of amidine groups is 1. The van der Waals surface area contributed by atoms with Gasteiger partial charge in [0.2, 0.25) is 0 Å². The molecular formula is C15H14N2O2S. The number of aromatic hydroxyl groups is 1. The van der Waals surface area contributed by atoms with Crippen LogP contribution >= 0.6 is 11.8 Å². The van der Waals surface area contributed by atoms with Gasteiger partial charge in [-0.05, 0) is 30.3 Å². The highest BCUT2D eigenvalue weighted by Gasteiger charge is 2.26. The SMILES string of the molecule is O=C1N=C(N2CC=CCC2)SC1=Cc1ccccc1O. The average molecular weight is 286 g/mol. The van der Waals surface area contributed by atoms with Crippen molar-refractivity contribution in [3.8, 4) is 5.75 Å². The Balaban J connectivity index is 1.80. The van der Waals surface area contributed by atoms with Gasteiger partial charge in [-0.1, -0.05) is 30.4 Å². The molecule has 1 amide bonds. The second kappa shape index (κ2) is 5.54. The molecule has 5 heteroatoms. The first-order valence-corrected chi connectivity index (χ1v) is 7.26. The number of carbonyl (C=O) groups is 1. The molecule has 0 atom stereocenters. The highest BCUT2D eigenvalue weighted by molar-refractivity contribution is 8.18. The highest BCUT2D eigenvalue weighted by atomic mass is 32.2. The Morgan fingerprint density at radius 3 is 2.90 bits per heavy atom. The van der Waals surface area contributed by atoms with Crippen LogP contribution in [0.5, 0.6) is 5.75 Å². The summed E-state index contributed by atoms with van der Waals surface area (Å²) in [5.41, 5.74) is 0.637. The molecule has 1 aromatic carbocycles. The summed E-state index contributed by atoms with van der Waals surface area (Å²) in [4.78, 5) is 18.7. The Hall–Kier alpha value is -2.01. The first-order valence-electron chi connectivity index (χ1n) is 6.44. The summed E-state index contributed by atoms with van der Waals surface area (Å²) in [6, 6.07) is 6.96. The molecule has 0 fully saturated rings. The third-order valence-corrected chi connectivity index (χ3v) is 4.21. The van der Waals surface area contributed by atoms with Crippen LogP contribution in [0.25, 0.3) is 6.08 Å². The zero-order valence-electron chi connectivity index (χ0n) is 10.8. The lowest BCUT2D eigenvalue weighted by Crippen LogP contribution is -2.30. The van der Waals surface area contributed by atoms with Gasteiger partial charge in [0.15, 0.2) is 5.17 Å². The van der Waals surface area contributed by atoms with E-state index in [1.54, 1.807) is 24.3 Å². The molecule has 102 valence electrons. The van der Waals surface area contributed by atoms with E-state index in [0.29, 0.717) is 10.5 Å². The Morgan fingerprint density at radius 1 is 1.30 bits per heavy atom. The van der Waals surface area contributed by atoms with Gasteiger partial charge in [-0.25, -0.2) is 0 Å². The van der Waals surface area contributed by atoms with Gasteiger partial charge in [0.05, 0.1) is 4.91 Å². The Labute approximate surface area is 121 Å². The van der Waals surface area contributed by atoms with Crippen molar-refractivity contribution in [2.45, 2.75) is 6.42 Å². The second-order valence-electron chi connectivity index (χ2n) is 4.58. The lowest BCUT2D eigenvalue weighted by atomic mass is 10.2. The van der Waals surface area contributed by atoms with Crippen molar-refractivity contribution in [1.82, 2.24) is 4.90 Å². The minimum atomic E-state index is -0.234. The number of hydrogen-bond donors (Lipinski definition) is 1. The average Bonchev–Trinajstić information content (AvgIpc) is 2.84. The van der Waals surface area contributed by atoms with Gasteiger partial charge in [0.1, 0.15) is 5.75 Å². The van der Waals surface area contributed by atoms with E-state index in [2.05, 4.69) is 22.0 Å². The molecule has 3 rings (SSSR count). The molecule has 0 unspecified atom stereocenters. The third-order valence-electron chi connectivity index (χ3n) is 3.16. The van der Waals surface area contributed by atoms with Gasteiger partial charge in [0, 0.05) is 18.7 Å². The maximum atomic E-state index is 11.9. The number of benzene rings is 1. The first-order chi connectivity index (χ1) is 9.74. The van der Waals surface area contributed by atoms with Gasteiger partial charge in [-0.15, -0.1) is 0 Å². The summed E-state index contributed by atoms with van der Waals surface area (Å²) in [5.74, 6) is -0.0643. The lowest BCUT2D eigenvalue weighted by molar-refractivity contribution is -0.113. The van der Waals surface area contributed by atoms with Gasteiger partial charge in [0.25, 0.3) is 5.91 Å². The summed E-state index contributed by atoms with van der Waals surface area (Å²) in [6.45, 7) is 1.68. The number of phenolic OH excluding ortho intramolecular Hbond substituents is 1. The van der Waals surface area contributed by atoms with Crippen molar-refractivity contribution in [2.24, 2.45) is 4.99 Å². The monoisotopic (exact) mass is 286 g/mol. The number of carbonyl (C=O) groups excluding carboxylic acids is 1. The molecule has 0 radical (unpaired) electrons. The molecule has 1 aromatic rings. The van der Waals surface area contributed by atoms with E-state index in [-0.39, 0.29) is 11.7 Å². The molecule has 0 saturated heterocycles. The first kappa shape index (κ1) is 13.0. The van der Waals surface area contributed by atoms with Crippen LogP contribution in [-0.4, -0.2) is 34.2 Å². The van der Waals surface area contributed by atoms with Crippen molar-refractivity contribution in [1.29, 1.82) is 0 Å². The minimum Gasteiger partial charge on any atom is -0.507 e. The molecule has 0 spiro atoms. The fourth-order valence-electron chi connectivity index (χ4n) is 2.10. The van der Waals surface area contributed by atoms with E-state index in [1.165, 1.54) is 11.8 Å². The van der Waals surface area contributed by atoms with E-state index in [0.717, 1.165) is 24.7 Å². The topological polar surface area (TPSA) is 52.9 Å². The van der Waals surface area contributed by atoms with Crippen LogP contribution in [0, 0.1) is 0 Å². The van der Waals surface area contributed by atoms with Crippen LogP contribution in [-0.2, 0) is 4.79 Å². The van der Waals surface area contributed by atoms with Crippen molar-refractivity contribution >= 4 is 28.9 Å². The van der Waals surface area contributed by atoms with Crippen LogP contribution in [0.4, 0.5) is 0 Å². The molecule has 20 heavy (non-hydrogen) atoms. The third kappa shape index (κ3) is 2.63. The number of aliphatic imine (C=N–C) groups is 1. The van der Waals surface area contributed by atoms with E-state index in [4.69, 9.17) is 0 Å². The summed E-state index contributed by atoms with van der Waals surface area (Å²) in [6.07, 6.45) is 6.89. The molecule has 0 aromatic heterocycles. The molecular weight excluding hydrogens is 272 g/mol. The minimum absolute atomic E-state index is 0.169. The predicted molar refractivity (Wildman–Crippen MR) is 81.4 cm³/mol. The van der Waals surface area contributed by atoms with Crippen molar-refractivity contribution in [3.05, 3.63) is 46.9 Å². The predicted octanol–water partition coefficient (Wildman–Crippen LogP) is 2.62. The number of phenols is 1. The maximum absolute atomic E-state index is 11.9. The number of amides is 1. The molecule has 0 bridgehead atoms. The maximum Gasteiger partial charge on any atom is 0.286 e. The molecule has 2 aliphatic heterocycles. The van der Waals surface area contributed by atoms with Crippen molar-refractivity contribution in [3.63, 3.8) is 0 Å². The zero-order valence-corrected chi connectivity index (χ0v) is 11.6. The van der Waals surface area contributed by atoms with Crippen LogP contribution in [0.3, 0.4) is 0 Å². The Kier molecular flexibility index (Phi) is 3.60.